The normalized spacial score (nSPS) is 12.8. The highest BCUT2D eigenvalue weighted by Gasteiger charge is 2.18. The summed E-state index contributed by atoms with van der Waals surface area (Å²) in [6.45, 7) is 0. The Morgan fingerprint density at radius 1 is 0.452 bits per heavy atom. The van der Waals surface area contributed by atoms with Gasteiger partial charge in [0, 0.05) is 38.3 Å². The molecule has 0 aliphatic rings. The molecule has 0 unspecified atom stereocenters. The molecule has 0 saturated heterocycles. The molecule has 196 valence electrons. The van der Waals surface area contributed by atoms with Crippen LogP contribution >= 0.6 is 0 Å². The van der Waals surface area contributed by atoms with E-state index in [2.05, 4.69) is 76.3 Å². The average Bonchev–Trinajstić information content (AvgIpc) is 3.60. The smallest absolute Gasteiger partial charge is 0.0651 e. The molecule has 0 spiro atoms. The maximum Gasteiger partial charge on any atom is 0.0651 e. The quantitative estimate of drug-likeness (QED) is 0.231. The third-order valence-electron chi connectivity index (χ3n) is 8.37. The van der Waals surface area contributed by atoms with Crippen LogP contribution in [-0.2, 0) is 0 Å². The second kappa shape index (κ2) is 8.95. The van der Waals surface area contributed by atoms with Crippen molar-refractivity contribution in [2.75, 3.05) is 0 Å². The molecule has 0 aliphatic heterocycles. The molecule has 0 amide bonds. The van der Waals surface area contributed by atoms with Crippen LogP contribution < -0.4 is 0 Å². The van der Waals surface area contributed by atoms with Crippen molar-refractivity contribution >= 4 is 54.4 Å². The number of aromatic amines is 1. The van der Waals surface area contributed by atoms with Crippen LogP contribution in [0.3, 0.4) is 0 Å². The average molecular weight is 538 g/mol. The number of hydrogen-bond donors (Lipinski definition) is 1. The number of para-hydroxylation sites is 1. The molecule has 2 nitrogen and oxygen atoms in total. The molecule has 0 saturated carbocycles. The van der Waals surface area contributed by atoms with E-state index in [4.69, 9.17) is 0 Å². The summed E-state index contributed by atoms with van der Waals surface area (Å²) in [7, 11) is 0. The lowest BCUT2D eigenvalue weighted by molar-refractivity contribution is 1.18. The van der Waals surface area contributed by atoms with Gasteiger partial charge in [-0.3, -0.25) is 0 Å². The van der Waals surface area contributed by atoms with E-state index in [-0.39, 0.29) is 18.1 Å². The van der Waals surface area contributed by atoms with Crippen LogP contribution in [0.25, 0.3) is 82.3 Å². The van der Waals surface area contributed by atoms with Crippen molar-refractivity contribution in [3.05, 3.63) is 152 Å². The second-order valence-electron chi connectivity index (χ2n) is 10.8. The molecule has 2 heteroatoms. The van der Waals surface area contributed by atoms with Crippen molar-refractivity contribution in [1.82, 2.24) is 9.55 Å². The van der Waals surface area contributed by atoms with Crippen molar-refractivity contribution < 1.29 is 4.11 Å². The first-order valence-electron chi connectivity index (χ1n) is 15.7. The van der Waals surface area contributed by atoms with Crippen LogP contribution in [0.5, 0.6) is 0 Å². The molecule has 2 aromatic heterocycles. The Kier molecular flexibility index (Phi) is 4.33. The first kappa shape index (κ1) is 20.3. The molecule has 1 N–H and O–H groups in total. The predicted octanol–water partition coefficient (Wildman–Crippen LogP) is 10.9. The van der Waals surface area contributed by atoms with Gasteiger partial charge in [-0.25, -0.2) is 0 Å². The maximum absolute atomic E-state index is 9.70. The van der Waals surface area contributed by atoms with Crippen molar-refractivity contribution in [2.24, 2.45) is 0 Å². The third kappa shape index (κ3) is 3.45. The Morgan fingerprint density at radius 3 is 1.83 bits per heavy atom. The van der Waals surface area contributed by atoms with Gasteiger partial charge in [0.25, 0.3) is 0 Å². The Balaban J connectivity index is 1.51. The number of benzene rings is 7. The number of nitrogens with zero attached hydrogens (tertiary/aromatic N) is 1. The Hall–Kier alpha value is -5.60. The summed E-state index contributed by atoms with van der Waals surface area (Å²) < 4.78 is 30.9. The zero-order valence-electron chi connectivity index (χ0n) is 25.6. The fourth-order valence-electron chi connectivity index (χ4n) is 6.44. The molecule has 0 bridgehead atoms. The highest BCUT2D eigenvalue weighted by atomic mass is 15.0. The van der Waals surface area contributed by atoms with Gasteiger partial charge in [0.2, 0.25) is 0 Å². The Labute approximate surface area is 247 Å². The largest absolute Gasteiger partial charge is 0.354 e. The van der Waals surface area contributed by atoms with E-state index in [9.17, 15) is 4.11 Å². The first-order chi connectivity index (χ1) is 22.1. The highest BCUT2D eigenvalue weighted by molar-refractivity contribution is 6.25. The molecule has 0 atom stereocenters. The van der Waals surface area contributed by atoms with Crippen LogP contribution in [0.2, 0.25) is 0 Å². The summed E-state index contributed by atoms with van der Waals surface area (Å²) in [6, 6.07) is 45.3. The van der Waals surface area contributed by atoms with Crippen LogP contribution in [0.15, 0.2) is 152 Å². The van der Waals surface area contributed by atoms with E-state index < -0.39 is 0 Å². The molecule has 2 heterocycles. The predicted molar refractivity (Wildman–Crippen MR) is 179 cm³/mol. The van der Waals surface area contributed by atoms with Crippen molar-refractivity contribution in [1.29, 1.82) is 0 Å². The third-order valence-corrected chi connectivity index (χ3v) is 8.37. The molecule has 9 aromatic rings. The van der Waals surface area contributed by atoms with E-state index in [1.54, 1.807) is 0 Å². The Bertz CT molecular complexity index is 2550. The van der Waals surface area contributed by atoms with Crippen molar-refractivity contribution in [3.63, 3.8) is 0 Å². The van der Waals surface area contributed by atoms with Gasteiger partial charge in [0.1, 0.15) is 0 Å². The summed E-state index contributed by atoms with van der Waals surface area (Å²) in [6.07, 6.45) is 0. The van der Waals surface area contributed by atoms with Gasteiger partial charge in [0.15, 0.2) is 0 Å². The van der Waals surface area contributed by atoms with Gasteiger partial charge in [-0.1, -0.05) is 109 Å². The van der Waals surface area contributed by atoms with E-state index in [0.717, 1.165) is 65.5 Å². The fraction of sp³-hybridized carbons (Fsp3) is 0. The van der Waals surface area contributed by atoms with Gasteiger partial charge >= 0.3 is 0 Å². The van der Waals surface area contributed by atoms with Crippen LogP contribution in [-0.4, -0.2) is 9.55 Å². The molecule has 9 rings (SSSR count). The lowest BCUT2D eigenvalue weighted by atomic mass is 9.98. The molecule has 0 aliphatic carbocycles. The SMILES string of the molecule is [2H]c1c(-c2ccccc2)c([2H])c(-n2c3cc4[nH]c5ccccc5c4cc3c3c4ccccc4ccc32)c([2H])c1-c1ccccc1. The van der Waals surface area contributed by atoms with Gasteiger partial charge in [-0.15, -0.1) is 0 Å². The minimum Gasteiger partial charge on any atom is -0.354 e. The summed E-state index contributed by atoms with van der Waals surface area (Å²) in [5.74, 6) is 0. The number of hydrogen-bond acceptors (Lipinski definition) is 0. The van der Waals surface area contributed by atoms with E-state index >= 15 is 0 Å². The number of aromatic nitrogens is 2. The zero-order chi connectivity index (χ0) is 30.2. The van der Waals surface area contributed by atoms with Crippen LogP contribution in [0.4, 0.5) is 0 Å². The maximum atomic E-state index is 9.70. The zero-order valence-corrected chi connectivity index (χ0v) is 22.6. The molecular weight excluding hydrogens is 508 g/mol. The van der Waals surface area contributed by atoms with E-state index in [1.165, 1.54) is 0 Å². The topological polar surface area (TPSA) is 20.7 Å². The lowest BCUT2D eigenvalue weighted by Crippen LogP contribution is -1.96. The summed E-state index contributed by atoms with van der Waals surface area (Å²) >= 11 is 0. The lowest BCUT2D eigenvalue weighted by Gasteiger charge is -2.14. The minimum atomic E-state index is 0.166. The molecule has 0 fully saturated rings. The van der Waals surface area contributed by atoms with Gasteiger partial charge in [-0.05, 0) is 75.4 Å². The van der Waals surface area contributed by atoms with Crippen molar-refractivity contribution in [3.8, 4) is 27.9 Å². The van der Waals surface area contributed by atoms with Crippen molar-refractivity contribution in [2.45, 2.75) is 0 Å². The first-order valence-corrected chi connectivity index (χ1v) is 14.2. The summed E-state index contributed by atoms with van der Waals surface area (Å²) in [4.78, 5) is 3.61. The minimum absolute atomic E-state index is 0.166. The Morgan fingerprint density at radius 2 is 1.10 bits per heavy atom. The summed E-state index contributed by atoms with van der Waals surface area (Å²) in [5.41, 5.74) is 6.99. The van der Waals surface area contributed by atoms with Crippen LogP contribution in [0.1, 0.15) is 4.11 Å². The monoisotopic (exact) mass is 537 g/mol. The molecule has 0 radical (unpaired) electrons. The molecule has 7 aromatic carbocycles. The standard InChI is InChI=1S/C40H26N2/c1-3-11-26(12-4-1)29-21-30(27-13-5-2-6-14-27)23-31(22-29)42-38-20-19-28-15-7-8-16-32(28)40(38)35-24-34-33-17-9-10-18-36(33)41-37(34)25-39(35)42/h1-25,41H/i21D,22D,23D. The number of H-pyrrole nitrogens is 1. The summed E-state index contributed by atoms with van der Waals surface area (Å²) in [5, 5.41) is 6.71. The van der Waals surface area contributed by atoms with Crippen LogP contribution in [0, 0.1) is 0 Å². The molecular formula is C40H26N2. The van der Waals surface area contributed by atoms with E-state index in [0.29, 0.717) is 16.8 Å². The number of nitrogens with one attached hydrogen (secondary N) is 1. The second-order valence-corrected chi connectivity index (χ2v) is 10.8. The number of rotatable bonds is 3. The van der Waals surface area contributed by atoms with Gasteiger partial charge < -0.3 is 9.55 Å². The van der Waals surface area contributed by atoms with Gasteiger partial charge in [0.05, 0.1) is 15.1 Å². The van der Waals surface area contributed by atoms with Gasteiger partial charge in [-0.2, -0.15) is 0 Å². The highest BCUT2D eigenvalue weighted by Crippen LogP contribution is 2.41. The molecule has 42 heavy (non-hydrogen) atoms. The fourth-order valence-corrected chi connectivity index (χ4v) is 6.44. The number of fused-ring (bicyclic) bond motifs is 8. The van der Waals surface area contributed by atoms with E-state index in [1.807, 2.05) is 66.7 Å².